The summed E-state index contributed by atoms with van der Waals surface area (Å²) in [6.45, 7) is 0.160. The van der Waals surface area contributed by atoms with E-state index in [1.165, 1.54) is 12.1 Å². The topological polar surface area (TPSA) is 26.0 Å². The normalized spacial score (nSPS) is 17.3. The molecule has 0 saturated heterocycles. The van der Waals surface area contributed by atoms with Gasteiger partial charge in [-0.15, -0.1) is 0 Å². The van der Waals surface area contributed by atoms with Crippen molar-refractivity contribution >= 4 is 0 Å². The highest BCUT2D eigenvalue weighted by Crippen LogP contribution is 2.39. The number of hydrogen-bond acceptors (Lipinski definition) is 1. The first-order valence-electron chi connectivity index (χ1n) is 7.48. The molecule has 0 spiro atoms. The zero-order valence-corrected chi connectivity index (χ0v) is 12.7. The van der Waals surface area contributed by atoms with Crippen LogP contribution in [0.2, 0.25) is 0 Å². The fourth-order valence-electron chi connectivity index (χ4n) is 2.82. The zero-order valence-electron chi connectivity index (χ0n) is 12.7. The Balaban J connectivity index is 2.40. The van der Waals surface area contributed by atoms with Crippen molar-refractivity contribution in [3.8, 4) is 0 Å². The number of nitrogens with two attached hydrogens (primary N) is 1. The smallest absolute Gasteiger partial charge is 0.330 e. The molecule has 0 heterocycles. The molecule has 1 nitrogen and oxygen atoms in total. The van der Waals surface area contributed by atoms with Crippen LogP contribution >= 0.6 is 0 Å². The van der Waals surface area contributed by atoms with Crippen LogP contribution in [0.1, 0.15) is 36.3 Å². The SMILES string of the molecule is NCCC(C1=CCCC(C(F)(F)F)=C1)c1cccc(C(F)(F)F)c1. The van der Waals surface area contributed by atoms with Crippen molar-refractivity contribution < 1.29 is 26.3 Å². The summed E-state index contributed by atoms with van der Waals surface area (Å²) in [5, 5.41) is 0. The average Bonchev–Trinajstić information content (AvgIpc) is 2.51. The van der Waals surface area contributed by atoms with Gasteiger partial charge < -0.3 is 5.73 Å². The molecule has 0 amide bonds. The Bertz CT molecular complexity index is 639. The van der Waals surface area contributed by atoms with Gasteiger partial charge in [0.1, 0.15) is 0 Å². The lowest BCUT2D eigenvalue weighted by atomic mass is 9.83. The molecule has 1 atom stereocenters. The van der Waals surface area contributed by atoms with E-state index in [9.17, 15) is 26.3 Å². The van der Waals surface area contributed by atoms with Gasteiger partial charge in [-0.25, -0.2) is 0 Å². The average molecular weight is 349 g/mol. The summed E-state index contributed by atoms with van der Waals surface area (Å²) >= 11 is 0. The maximum absolute atomic E-state index is 12.9. The van der Waals surface area contributed by atoms with E-state index in [4.69, 9.17) is 5.73 Å². The molecule has 24 heavy (non-hydrogen) atoms. The molecule has 1 aliphatic rings. The van der Waals surface area contributed by atoms with Gasteiger partial charge in [-0.05, 0) is 43.0 Å². The van der Waals surface area contributed by atoms with Gasteiger partial charge in [-0.3, -0.25) is 0 Å². The Morgan fingerprint density at radius 1 is 1.04 bits per heavy atom. The van der Waals surface area contributed by atoms with Crippen LogP contribution in [0.25, 0.3) is 0 Å². The minimum Gasteiger partial charge on any atom is -0.330 e. The van der Waals surface area contributed by atoms with Crippen molar-refractivity contribution in [3.05, 3.63) is 58.7 Å². The highest BCUT2D eigenvalue weighted by molar-refractivity contribution is 5.41. The summed E-state index contributed by atoms with van der Waals surface area (Å²) in [4.78, 5) is 0. The van der Waals surface area contributed by atoms with Crippen LogP contribution in [0.5, 0.6) is 0 Å². The lowest BCUT2D eigenvalue weighted by Gasteiger charge is -2.24. The molecule has 2 N–H and O–H groups in total. The van der Waals surface area contributed by atoms with Crippen molar-refractivity contribution in [1.82, 2.24) is 0 Å². The lowest BCUT2D eigenvalue weighted by molar-refractivity contribution is -0.137. The predicted octanol–water partition coefficient (Wildman–Crippen LogP) is 5.35. The largest absolute Gasteiger partial charge is 0.416 e. The van der Waals surface area contributed by atoms with Crippen LogP contribution in [-0.2, 0) is 6.18 Å². The fraction of sp³-hybridized carbons (Fsp3) is 0.412. The van der Waals surface area contributed by atoms with Gasteiger partial charge in [-0.1, -0.05) is 30.4 Å². The third-order valence-corrected chi connectivity index (χ3v) is 3.97. The quantitative estimate of drug-likeness (QED) is 0.729. The van der Waals surface area contributed by atoms with Crippen molar-refractivity contribution in [2.75, 3.05) is 6.54 Å². The zero-order chi connectivity index (χ0) is 18.0. The Hall–Kier alpha value is -1.76. The van der Waals surface area contributed by atoms with Gasteiger partial charge >= 0.3 is 12.4 Å². The molecule has 1 aromatic rings. The Morgan fingerprint density at radius 2 is 1.75 bits per heavy atom. The van der Waals surface area contributed by atoms with Crippen LogP contribution in [0.15, 0.2) is 47.6 Å². The molecule has 1 unspecified atom stereocenters. The molecule has 0 saturated carbocycles. The van der Waals surface area contributed by atoms with E-state index in [0.717, 1.165) is 18.2 Å². The second kappa shape index (κ2) is 7.01. The maximum Gasteiger partial charge on any atom is 0.416 e. The van der Waals surface area contributed by atoms with Crippen LogP contribution < -0.4 is 5.73 Å². The number of rotatable bonds is 4. The first-order chi connectivity index (χ1) is 11.1. The molecular formula is C17H17F6N. The molecule has 0 fully saturated rings. The third-order valence-electron chi connectivity index (χ3n) is 3.97. The Morgan fingerprint density at radius 3 is 2.33 bits per heavy atom. The Labute approximate surface area is 135 Å². The van der Waals surface area contributed by atoms with Gasteiger partial charge in [-0.2, -0.15) is 26.3 Å². The minimum absolute atomic E-state index is 0.120. The highest BCUT2D eigenvalue weighted by Gasteiger charge is 2.35. The summed E-state index contributed by atoms with van der Waals surface area (Å²) in [6, 6.07) is 4.68. The minimum atomic E-state index is -4.50. The van der Waals surface area contributed by atoms with Gasteiger partial charge in [0, 0.05) is 11.5 Å². The molecule has 7 heteroatoms. The van der Waals surface area contributed by atoms with E-state index in [-0.39, 0.29) is 25.8 Å². The lowest BCUT2D eigenvalue weighted by Crippen LogP contribution is -2.17. The first-order valence-corrected chi connectivity index (χ1v) is 7.48. The molecule has 1 aromatic carbocycles. The summed E-state index contributed by atoms with van der Waals surface area (Å²) in [5.74, 6) is -0.588. The molecule has 0 radical (unpaired) electrons. The number of allylic oxidation sites excluding steroid dienone is 4. The van der Waals surface area contributed by atoms with Gasteiger partial charge in [0.15, 0.2) is 0 Å². The van der Waals surface area contributed by atoms with Gasteiger partial charge in [0.2, 0.25) is 0 Å². The second-order valence-corrected chi connectivity index (χ2v) is 5.66. The monoisotopic (exact) mass is 349 g/mol. The second-order valence-electron chi connectivity index (χ2n) is 5.66. The molecule has 132 valence electrons. The van der Waals surface area contributed by atoms with Gasteiger partial charge in [0.25, 0.3) is 0 Å². The first kappa shape index (κ1) is 18.6. The van der Waals surface area contributed by atoms with E-state index < -0.39 is 29.4 Å². The van der Waals surface area contributed by atoms with Crippen molar-refractivity contribution in [2.24, 2.45) is 5.73 Å². The van der Waals surface area contributed by atoms with Crippen LogP contribution in [0, 0.1) is 0 Å². The molecule has 0 aliphatic heterocycles. The van der Waals surface area contributed by atoms with Crippen molar-refractivity contribution in [2.45, 2.75) is 37.5 Å². The van der Waals surface area contributed by atoms with Crippen molar-refractivity contribution in [3.63, 3.8) is 0 Å². The van der Waals surface area contributed by atoms with E-state index in [0.29, 0.717) is 11.1 Å². The summed E-state index contributed by atoms with van der Waals surface area (Å²) in [7, 11) is 0. The molecular weight excluding hydrogens is 332 g/mol. The van der Waals surface area contributed by atoms with Crippen LogP contribution in [0.3, 0.4) is 0 Å². The number of hydrogen-bond donors (Lipinski definition) is 1. The fourth-order valence-corrected chi connectivity index (χ4v) is 2.82. The van der Waals surface area contributed by atoms with E-state index in [1.807, 2.05) is 0 Å². The molecule has 0 aromatic heterocycles. The standard InChI is InChI=1S/C17H17F6N/c18-16(19,20)13-5-1-3-11(9-13)15(7-8-24)12-4-2-6-14(10-12)17(21,22)23/h1,3-5,9-10,15H,2,6-8,24H2. The van der Waals surface area contributed by atoms with E-state index in [2.05, 4.69) is 0 Å². The third kappa shape index (κ3) is 4.41. The van der Waals surface area contributed by atoms with E-state index in [1.54, 1.807) is 6.08 Å². The Kier molecular flexibility index (Phi) is 5.42. The molecule has 1 aliphatic carbocycles. The highest BCUT2D eigenvalue weighted by atomic mass is 19.4. The summed E-state index contributed by atoms with van der Waals surface area (Å²) < 4.78 is 77.4. The molecule has 0 bridgehead atoms. The summed E-state index contributed by atoms with van der Waals surface area (Å²) in [5.41, 5.74) is 4.74. The number of benzene rings is 1. The van der Waals surface area contributed by atoms with E-state index >= 15 is 0 Å². The van der Waals surface area contributed by atoms with Crippen molar-refractivity contribution in [1.29, 1.82) is 0 Å². The molecule has 2 rings (SSSR count). The van der Waals surface area contributed by atoms with Gasteiger partial charge in [0.05, 0.1) is 5.56 Å². The summed E-state index contributed by atoms with van der Waals surface area (Å²) in [6.07, 6.45) is -5.88. The predicted molar refractivity (Wildman–Crippen MR) is 79.3 cm³/mol. The number of alkyl halides is 6. The number of halogens is 6. The maximum atomic E-state index is 12.9. The van der Waals surface area contributed by atoms with Crippen LogP contribution in [-0.4, -0.2) is 12.7 Å². The van der Waals surface area contributed by atoms with Crippen LogP contribution in [0.4, 0.5) is 26.3 Å².